The Bertz CT molecular complexity index is 578. The van der Waals surface area contributed by atoms with E-state index in [-0.39, 0.29) is 6.04 Å². The van der Waals surface area contributed by atoms with Gasteiger partial charge in [-0.25, -0.2) is 8.78 Å². The van der Waals surface area contributed by atoms with Gasteiger partial charge in [-0.15, -0.1) is 0 Å². The van der Waals surface area contributed by atoms with Gasteiger partial charge in [-0.05, 0) is 38.1 Å². The van der Waals surface area contributed by atoms with Crippen LogP contribution in [0.5, 0.6) is 0 Å². The van der Waals surface area contributed by atoms with Crippen molar-refractivity contribution >= 4 is 0 Å². The Labute approximate surface area is 111 Å². The molecule has 0 amide bonds. The first-order valence-corrected chi connectivity index (χ1v) is 6.27. The third kappa shape index (κ3) is 2.68. The van der Waals surface area contributed by atoms with Gasteiger partial charge in [0.25, 0.3) is 0 Å². The Morgan fingerprint density at radius 3 is 2.47 bits per heavy atom. The summed E-state index contributed by atoms with van der Waals surface area (Å²) in [6.45, 7) is 6.07. The van der Waals surface area contributed by atoms with Crippen molar-refractivity contribution in [3.05, 3.63) is 58.5 Å². The van der Waals surface area contributed by atoms with E-state index in [2.05, 4.69) is 5.32 Å². The second kappa shape index (κ2) is 5.53. The SMILES string of the molecule is CCNC(c1cc(C)c(F)cc1F)c1ccoc1C. The zero-order valence-electron chi connectivity index (χ0n) is 11.3. The van der Waals surface area contributed by atoms with Crippen molar-refractivity contribution in [3.63, 3.8) is 0 Å². The molecule has 0 saturated carbocycles. The Balaban J connectivity index is 2.51. The molecule has 1 aromatic carbocycles. The Morgan fingerprint density at radius 1 is 1.16 bits per heavy atom. The van der Waals surface area contributed by atoms with Crippen LogP contribution in [0, 0.1) is 25.5 Å². The van der Waals surface area contributed by atoms with Gasteiger partial charge in [-0.3, -0.25) is 0 Å². The molecule has 19 heavy (non-hydrogen) atoms. The van der Waals surface area contributed by atoms with Gasteiger partial charge in [0.1, 0.15) is 17.4 Å². The highest BCUT2D eigenvalue weighted by Gasteiger charge is 2.21. The van der Waals surface area contributed by atoms with Gasteiger partial charge >= 0.3 is 0 Å². The molecule has 0 aliphatic carbocycles. The molecule has 2 nitrogen and oxygen atoms in total. The van der Waals surface area contributed by atoms with Gasteiger partial charge in [0.05, 0.1) is 12.3 Å². The lowest BCUT2D eigenvalue weighted by Crippen LogP contribution is -2.23. The summed E-state index contributed by atoms with van der Waals surface area (Å²) in [6, 6.07) is 3.96. The van der Waals surface area contributed by atoms with Crippen molar-refractivity contribution in [1.29, 1.82) is 0 Å². The van der Waals surface area contributed by atoms with E-state index >= 15 is 0 Å². The van der Waals surface area contributed by atoms with E-state index in [9.17, 15) is 8.78 Å². The molecule has 1 unspecified atom stereocenters. The van der Waals surface area contributed by atoms with Crippen molar-refractivity contribution < 1.29 is 13.2 Å². The van der Waals surface area contributed by atoms with Crippen LogP contribution in [0.4, 0.5) is 8.78 Å². The number of nitrogens with one attached hydrogen (secondary N) is 1. The minimum absolute atomic E-state index is 0.331. The molecule has 0 aliphatic rings. The summed E-state index contributed by atoms with van der Waals surface area (Å²) in [5, 5.41) is 3.21. The molecule has 0 radical (unpaired) electrons. The fraction of sp³-hybridized carbons (Fsp3) is 0.333. The number of halogens is 2. The third-order valence-corrected chi connectivity index (χ3v) is 3.21. The van der Waals surface area contributed by atoms with Crippen LogP contribution in [0.25, 0.3) is 0 Å². The first kappa shape index (κ1) is 13.7. The van der Waals surface area contributed by atoms with Gasteiger partial charge < -0.3 is 9.73 Å². The summed E-state index contributed by atoms with van der Waals surface area (Å²) in [6.07, 6.45) is 1.57. The molecule has 2 aromatic rings. The van der Waals surface area contributed by atoms with Crippen LogP contribution in [0.15, 0.2) is 28.9 Å². The topological polar surface area (TPSA) is 25.2 Å². The number of benzene rings is 1. The molecule has 2 rings (SSSR count). The molecule has 1 atom stereocenters. The lowest BCUT2D eigenvalue weighted by Gasteiger charge is -2.19. The molecular weight excluding hydrogens is 248 g/mol. The number of aryl methyl sites for hydroxylation is 2. The van der Waals surface area contributed by atoms with Crippen LogP contribution in [0.3, 0.4) is 0 Å². The van der Waals surface area contributed by atoms with Crippen LogP contribution >= 0.6 is 0 Å². The summed E-state index contributed by atoms with van der Waals surface area (Å²) < 4.78 is 32.6. The average molecular weight is 265 g/mol. The number of hydrogen-bond acceptors (Lipinski definition) is 2. The largest absolute Gasteiger partial charge is 0.469 e. The van der Waals surface area contributed by atoms with Crippen molar-refractivity contribution in [2.75, 3.05) is 6.54 Å². The second-order valence-corrected chi connectivity index (χ2v) is 4.55. The normalized spacial score (nSPS) is 12.7. The van der Waals surface area contributed by atoms with E-state index in [1.807, 2.05) is 13.8 Å². The number of furan rings is 1. The summed E-state index contributed by atoms with van der Waals surface area (Å²) in [5.41, 5.74) is 1.73. The highest BCUT2D eigenvalue weighted by molar-refractivity contribution is 5.36. The van der Waals surface area contributed by atoms with Crippen LogP contribution in [-0.4, -0.2) is 6.54 Å². The van der Waals surface area contributed by atoms with Crippen molar-refractivity contribution in [1.82, 2.24) is 5.32 Å². The molecule has 0 aliphatic heterocycles. The van der Waals surface area contributed by atoms with Gasteiger partial charge in [-0.1, -0.05) is 6.92 Å². The first-order chi connectivity index (χ1) is 9.04. The van der Waals surface area contributed by atoms with E-state index in [4.69, 9.17) is 4.42 Å². The Morgan fingerprint density at radius 2 is 1.89 bits per heavy atom. The minimum Gasteiger partial charge on any atom is -0.469 e. The number of rotatable bonds is 4. The zero-order valence-corrected chi connectivity index (χ0v) is 11.3. The molecule has 0 fully saturated rings. The molecule has 1 aromatic heterocycles. The maximum Gasteiger partial charge on any atom is 0.131 e. The summed E-state index contributed by atoms with van der Waals surface area (Å²) >= 11 is 0. The molecule has 102 valence electrons. The van der Waals surface area contributed by atoms with Crippen molar-refractivity contribution in [3.8, 4) is 0 Å². The molecule has 1 N–H and O–H groups in total. The standard InChI is InChI=1S/C15H17F2NO/c1-4-18-15(11-5-6-19-10(11)3)12-7-9(2)13(16)8-14(12)17/h5-8,15,18H,4H2,1-3H3. The fourth-order valence-corrected chi connectivity index (χ4v) is 2.19. The Kier molecular flexibility index (Phi) is 4.00. The monoisotopic (exact) mass is 265 g/mol. The van der Waals surface area contributed by atoms with Gasteiger partial charge in [0.15, 0.2) is 0 Å². The predicted molar refractivity (Wildman–Crippen MR) is 70.1 cm³/mol. The summed E-state index contributed by atoms with van der Waals surface area (Å²) in [4.78, 5) is 0. The van der Waals surface area contributed by atoms with E-state index in [0.29, 0.717) is 17.7 Å². The van der Waals surface area contributed by atoms with E-state index in [0.717, 1.165) is 17.4 Å². The van der Waals surface area contributed by atoms with Crippen molar-refractivity contribution in [2.45, 2.75) is 26.8 Å². The maximum atomic E-state index is 14.0. The smallest absolute Gasteiger partial charge is 0.131 e. The Hall–Kier alpha value is -1.68. The molecule has 1 heterocycles. The van der Waals surface area contributed by atoms with Crippen molar-refractivity contribution in [2.24, 2.45) is 0 Å². The van der Waals surface area contributed by atoms with E-state index < -0.39 is 11.6 Å². The van der Waals surface area contributed by atoms with E-state index in [1.165, 1.54) is 0 Å². The number of hydrogen-bond donors (Lipinski definition) is 1. The predicted octanol–water partition coefficient (Wildman–Crippen LogP) is 3.87. The maximum absolute atomic E-state index is 14.0. The zero-order chi connectivity index (χ0) is 14.0. The van der Waals surface area contributed by atoms with Crippen LogP contribution in [-0.2, 0) is 0 Å². The summed E-state index contributed by atoms with van der Waals surface area (Å²) in [5.74, 6) is -0.345. The van der Waals surface area contributed by atoms with Gasteiger partial charge in [0, 0.05) is 17.2 Å². The third-order valence-electron chi connectivity index (χ3n) is 3.21. The summed E-state index contributed by atoms with van der Waals surface area (Å²) in [7, 11) is 0. The molecule has 0 bridgehead atoms. The molecular formula is C15H17F2NO. The van der Waals surface area contributed by atoms with Gasteiger partial charge in [0.2, 0.25) is 0 Å². The minimum atomic E-state index is -0.547. The molecule has 0 saturated heterocycles. The quantitative estimate of drug-likeness (QED) is 0.907. The van der Waals surface area contributed by atoms with E-state index in [1.54, 1.807) is 25.3 Å². The van der Waals surface area contributed by atoms with Gasteiger partial charge in [-0.2, -0.15) is 0 Å². The average Bonchev–Trinajstić information content (AvgIpc) is 2.77. The molecule has 4 heteroatoms. The molecule has 0 spiro atoms. The lowest BCUT2D eigenvalue weighted by molar-refractivity contribution is 0.509. The van der Waals surface area contributed by atoms with Crippen LogP contribution < -0.4 is 5.32 Å². The first-order valence-electron chi connectivity index (χ1n) is 6.27. The van der Waals surface area contributed by atoms with Crippen LogP contribution in [0.1, 0.15) is 35.4 Å². The fourth-order valence-electron chi connectivity index (χ4n) is 2.19. The second-order valence-electron chi connectivity index (χ2n) is 4.55. The highest BCUT2D eigenvalue weighted by atomic mass is 19.1. The van der Waals surface area contributed by atoms with Crippen LogP contribution in [0.2, 0.25) is 0 Å². The lowest BCUT2D eigenvalue weighted by atomic mass is 9.97. The highest BCUT2D eigenvalue weighted by Crippen LogP contribution is 2.29.